The van der Waals surface area contributed by atoms with Gasteiger partial charge in [-0.3, -0.25) is 0 Å². The first kappa shape index (κ1) is 16.4. The summed E-state index contributed by atoms with van der Waals surface area (Å²) in [5, 5.41) is 9.93. The monoisotopic (exact) mass is 292 g/mol. The molecule has 0 bridgehead atoms. The fourth-order valence-electron chi connectivity index (χ4n) is 1.78. The van der Waals surface area contributed by atoms with E-state index < -0.39 is 11.6 Å². The summed E-state index contributed by atoms with van der Waals surface area (Å²) in [6.45, 7) is 4.24. The van der Waals surface area contributed by atoms with E-state index in [9.17, 15) is 18.3 Å². The fraction of sp³-hybridized carbons (Fsp3) is 0.571. The molecule has 0 radical (unpaired) electrons. The lowest BCUT2D eigenvalue weighted by atomic mass is 10.0. The van der Waals surface area contributed by atoms with Gasteiger partial charge in [-0.05, 0) is 41.8 Å². The molecule has 0 aliphatic rings. The van der Waals surface area contributed by atoms with Gasteiger partial charge >= 0.3 is 5.51 Å². The van der Waals surface area contributed by atoms with Crippen molar-refractivity contribution in [3.63, 3.8) is 0 Å². The Morgan fingerprint density at radius 2 is 1.68 bits per heavy atom. The molecular weight excluding hydrogens is 273 g/mol. The number of rotatable bonds is 6. The predicted octanol–water partition coefficient (Wildman–Crippen LogP) is 5.16. The minimum atomic E-state index is -4.27. The third-order valence-corrected chi connectivity index (χ3v) is 3.50. The molecule has 5 heteroatoms. The van der Waals surface area contributed by atoms with E-state index in [1.165, 1.54) is 12.1 Å². The third-order valence-electron chi connectivity index (χ3n) is 2.76. The Kier molecular flexibility index (Phi) is 6.20. The number of benzene rings is 1. The molecule has 1 atom stereocenters. The SMILES string of the molecule is CC(C)CCCC(O)c1ccc(SC(F)(F)F)cc1. The van der Waals surface area contributed by atoms with Gasteiger partial charge in [0.1, 0.15) is 0 Å². The Morgan fingerprint density at radius 1 is 1.11 bits per heavy atom. The molecule has 1 aromatic carbocycles. The van der Waals surface area contributed by atoms with E-state index in [-0.39, 0.29) is 16.7 Å². The summed E-state index contributed by atoms with van der Waals surface area (Å²) in [5.74, 6) is 0.595. The minimum Gasteiger partial charge on any atom is -0.388 e. The Balaban J connectivity index is 2.51. The number of thioether (sulfide) groups is 1. The number of hydrogen-bond acceptors (Lipinski definition) is 2. The van der Waals surface area contributed by atoms with Gasteiger partial charge < -0.3 is 5.11 Å². The molecule has 0 fully saturated rings. The average molecular weight is 292 g/mol. The second-order valence-electron chi connectivity index (χ2n) is 4.96. The highest BCUT2D eigenvalue weighted by molar-refractivity contribution is 8.00. The van der Waals surface area contributed by atoms with Crippen molar-refractivity contribution in [1.29, 1.82) is 0 Å². The second kappa shape index (κ2) is 7.20. The zero-order valence-corrected chi connectivity index (χ0v) is 11.9. The van der Waals surface area contributed by atoms with Crippen LogP contribution in [0.4, 0.5) is 13.2 Å². The quantitative estimate of drug-likeness (QED) is 0.731. The summed E-state index contributed by atoms with van der Waals surface area (Å²) in [6.07, 6.45) is 2.00. The van der Waals surface area contributed by atoms with E-state index in [1.54, 1.807) is 12.1 Å². The molecule has 0 saturated heterocycles. The van der Waals surface area contributed by atoms with Crippen LogP contribution in [-0.4, -0.2) is 10.6 Å². The fourth-order valence-corrected chi connectivity index (χ4v) is 2.32. The Morgan fingerprint density at radius 3 is 2.16 bits per heavy atom. The van der Waals surface area contributed by atoms with Crippen molar-refractivity contribution in [1.82, 2.24) is 0 Å². The lowest BCUT2D eigenvalue weighted by molar-refractivity contribution is -0.0328. The van der Waals surface area contributed by atoms with E-state index >= 15 is 0 Å². The first-order valence-corrected chi connectivity index (χ1v) is 7.13. The molecule has 0 saturated carbocycles. The van der Waals surface area contributed by atoms with Gasteiger partial charge in [-0.15, -0.1) is 0 Å². The highest BCUT2D eigenvalue weighted by atomic mass is 32.2. The van der Waals surface area contributed by atoms with Gasteiger partial charge in [0.25, 0.3) is 0 Å². The van der Waals surface area contributed by atoms with Crippen LogP contribution in [0.1, 0.15) is 44.8 Å². The molecule has 0 aliphatic heterocycles. The van der Waals surface area contributed by atoms with Crippen LogP contribution in [0.5, 0.6) is 0 Å². The molecule has 0 aliphatic carbocycles. The summed E-state index contributed by atoms with van der Waals surface area (Å²) in [5.41, 5.74) is -3.59. The van der Waals surface area contributed by atoms with Crippen molar-refractivity contribution >= 4 is 11.8 Å². The van der Waals surface area contributed by atoms with Crippen LogP contribution in [0.2, 0.25) is 0 Å². The van der Waals surface area contributed by atoms with Gasteiger partial charge in [0.05, 0.1) is 6.10 Å². The lowest BCUT2D eigenvalue weighted by Crippen LogP contribution is -2.00. The molecule has 1 nitrogen and oxygen atoms in total. The highest BCUT2D eigenvalue weighted by Crippen LogP contribution is 2.37. The summed E-state index contributed by atoms with van der Waals surface area (Å²) in [7, 11) is 0. The Hall–Kier alpha value is -0.680. The number of aliphatic hydroxyl groups is 1. The van der Waals surface area contributed by atoms with Crippen molar-refractivity contribution in [2.45, 2.75) is 49.6 Å². The van der Waals surface area contributed by atoms with Crippen LogP contribution in [0.15, 0.2) is 29.2 Å². The van der Waals surface area contributed by atoms with Crippen LogP contribution in [0, 0.1) is 5.92 Å². The molecule has 0 amide bonds. The maximum absolute atomic E-state index is 12.2. The van der Waals surface area contributed by atoms with Crippen LogP contribution < -0.4 is 0 Å². The van der Waals surface area contributed by atoms with Gasteiger partial charge in [0, 0.05) is 4.90 Å². The van der Waals surface area contributed by atoms with Crippen molar-refractivity contribution in [3.8, 4) is 0 Å². The van der Waals surface area contributed by atoms with Crippen molar-refractivity contribution in [2.24, 2.45) is 5.92 Å². The normalized spacial score (nSPS) is 13.8. The lowest BCUT2D eigenvalue weighted by Gasteiger charge is -2.12. The van der Waals surface area contributed by atoms with Crippen LogP contribution >= 0.6 is 11.8 Å². The zero-order valence-electron chi connectivity index (χ0n) is 11.1. The first-order valence-electron chi connectivity index (χ1n) is 6.31. The van der Waals surface area contributed by atoms with Crippen LogP contribution in [-0.2, 0) is 0 Å². The van der Waals surface area contributed by atoms with E-state index in [0.717, 1.165) is 12.8 Å². The molecule has 1 N–H and O–H groups in total. The first-order chi connectivity index (χ1) is 8.78. The van der Waals surface area contributed by atoms with Gasteiger partial charge in [0.15, 0.2) is 0 Å². The van der Waals surface area contributed by atoms with Gasteiger partial charge in [0.2, 0.25) is 0 Å². The van der Waals surface area contributed by atoms with E-state index in [2.05, 4.69) is 13.8 Å². The van der Waals surface area contributed by atoms with Gasteiger partial charge in [-0.1, -0.05) is 38.8 Å². The molecule has 0 spiro atoms. The predicted molar refractivity (Wildman–Crippen MR) is 72.0 cm³/mol. The van der Waals surface area contributed by atoms with E-state index in [4.69, 9.17) is 0 Å². The third kappa shape index (κ3) is 6.87. The summed E-state index contributed by atoms with van der Waals surface area (Å²) in [6, 6.07) is 5.93. The van der Waals surface area contributed by atoms with E-state index in [0.29, 0.717) is 17.9 Å². The molecular formula is C14H19F3OS. The highest BCUT2D eigenvalue weighted by Gasteiger charge is 2.29. The second-order valence-corrected chi connectivity index (χ2v) is 6.10. The Bertz CT molecular complexity index is 373. The van der Waals surface area contributed by atoms with Crippen molar-refractivity contribution in [3.05, 3.63) is 29.8 Å². The maximum Gasteiger partial charge on any atom is 0.446 e. The number of aliphatic hydroxyl groups excluding tert-OH is 1. The standard InChI is InChI=1S/C14H19F3OS/c1-10(2)4-3-5-13(18)11-6-8-12(9-7-11)19-14(15,16)17/h6-10,13,18H,3-5H2,1-2H3. The van der Waals surface area contributed by atoms with Gasteiger partial charge in [-0.2, -0.15) is 13.2 Å². The van der Waals surface area contributed by atoms with Gasteiger partial charge in [-0.25, -0.2) is 0 Å². The molecule has 0 aromatic heterocycles. The molecule has 1 rings (SSSR count). The topological polar surface area (TPSA) is 20.2 Å². The number of halogens is 3. The molecule has 108 valence electrons. The smallest absolute Gasteiger partial charge is 0.388 e. The molecule has 1 unspecified atom stereocenters. The minimum absolute atomic E-state index is 0.139. The molecule has 0 heterocycles. The summed E-state index contributed by atoms with van der Waals surface area (Å²) >= 11 is -0.139. The van der Waals surface area contributed by atoms with Crippen LogP contribution in [0.3, 0.4) is 0 Å². The van der Waals surface area contributed by atoms with E-state index in [1.807, 2.05) is 0 Å². The Labute approximate surface area is 116 Å². The number of hydrogen-bond donors (Lipinski definition) is 1. The van der Waals surface area contributed by atoms with Crippen molar-refractivity contribution in [2.75, 3.05) is 0 Å². The summed E-state index contributed by atoms with van der Waals surface area (Å²) in [4.78, 5) is 0.144. The maximum atomic E-state index is 12.2. The van der Waals surface area contributed by atoms with Crippen molar-refractivity contribution < 1.29 is 18.3 Å². The molecule has 1 aromatic rings. The average Bonchev–Trinajstić information content (AvgIpc) is 2.27. The number of alkyl halides is 3. The van der Waals surface area contributed by atoms with Crippen LogP contribution in [0.25, 0.3) is 0 Å². The molecule has 19 heavy (non-hydrogen) atoms. The largest absolute Gasteiger partial charge is 0.446 e. The summed E-state index contributed by atoms with van der Waals surface area (Å²) < 4.78 is 36.5. The zero-order chi connectivity index (χ0) is 14.5.